The molecule has 156 valence electrons. The van der Waals surface area contributed by atoms with Crippen LogP contribution in [0.25, 0.3) is 0 Å². The van der Waals surface area contributed by atoms with Gasteiger partial charge < -0.3 is 4.74 Å². The monoisotopic (exact) mass is 384 g/mol. The van der Waals surface area contributed by atoms with Gasteiger partial charge in [0.25, 0.3) is 6.47 Å². The highest BCUT2D eigenvalue weighted by atomic mass is 16.5. The maximum Gasteiger partial charge on any atom is 0.293 e. The SMILES string of the molecule is Cc1cc(CCCCC2(OC=O)CC2)c(C)c(CCCCCC2(C)CC2)c1C. The van der Waals surface area contributed by atoms with E-state index in [2.05, 4.69) is 33.8 Å². The molecule has 0 radical (unpaired) electrons. The van der Waals surface area contributed by atoms with Gasteiger partial charge in [0.1, 0.15) is 5.60 Å². The van der Waals surface area contributed by atoms with Crippen molar-refractivity contribution in [3.63, 3.8) is 0 Å². The smallest absolute Gasteiger partial charge is 0.293 e. The van der Waals surface area contributed by atoms with Crippen molar-refractivity contribution < 1.29 is 9.53 Å². The summed E-state index contributed by atoms with van der Waals surface area (Å²) in [7, 11) is 0. The molecule has 1 aromatic rings. The lowest BCUT2D eigenvalue weighted by Gasteiger charge is -2.18. The maximum atomic E-state index is 10.6. The zero-order valence-electron chi connectivity index (χ0n) is 18.7. The molecule has 2 saturated carbocycles. The van der Waals surface area contributed by atoms with Crippen molar-refractivity contribution in [2.75, 3.05) is 0 Å². The number of aryl methyl sites for hydroxylation is 2. The van der Waals surface area contributed by atoms with Crippen LogP contribution in [-0.4, -0.2) is 12.1 Å². The summed E-state index contributed by atoms with van der Waals surface area (Å²) < 4.78 is 5.28. The van der Waals surface area contributed by atoms with Gasteiger partial charge in [-0.25, -0.2) is 0 Å². The molecule has 0 aliphatic heterocycles. The quantitative estimate of drug-likeness (QED) is 0.272. The summed E-state index contributed by atoms with van der Waals surface area (Å²) in [5.74, 6) is 0. The second-order valence-electron chi connectivity index (χ2n) is 10.1. The number of hydrogen-bond donors (Lipinski definition) is 0. The first-order valence-electron chi connectivity index (χ1n) is 11.6. The molecule has 0 unspecified atom stereocenters. The summed E-state index contributed by atoms with van der Waals surface area (Å²) in [5, 5.41) is 0. The molecule has 0 bridgehead atoms. The van der Waals surface area contributed by atoms with Crippen molar-refractivity contribution in [3.05, 3.63) is 33.9 Å². The fourth-order valence-electron chi connectivity index (χ4n) is 4.75. The van der Waals surface area contributed by atoms with Gasteiger partial charge in [-0.15, -0.1) is 0 Å². The van der Waals surface area contributed by atoms with Gasteiger partial charge in [0.05, 0.1) is 0 Å². The Bertz CT molecular complexity index is 680. The van der Waals surface area contributed by atoms with E-state index in [1.807, 2.05) is 0 Å². The normalized spacial score (nSPS) is 18.7. The van der Waals surface area contributed by atoms with Gasteiger partial charge in [-0.05, 0) is 125 Å². The fourth-order valence-corrected chi connectivity index (χ4v) is 4.75. The van der Waals surface area contributed by atoms with E-state index in [-0.39, 0.29) is 5.60 Å². The highest BCUT2D eigenvalue weighted by Crippen LogP contribution is 2.49. The number of rotatable bonds is 13. The highest BCUT2D eigenvalue weighted by Gasteiger charge is 2.44. The van der Waals surface area contributed by atoms with E-state index in [0.717, 1.165) is 32.1 Å². The summed E-state index contributed by atoms with van der Waals surface area (Å²) >= 11 is 0. The maximum absolute atomic E-state index is 10.6. The minimum Gasteiger partial charge on any atom is -0.461 e. The zero-order chi connectivity index (χ0) is 20.2. The Kier molecular flexibility index (Phi) is 6.89. The van der Waals surface area contributed by atoms with Gasteiger partial charge in [-0.1, -0.05) is 25.8 Å². The first kappa shape index (κ1) is 21.4. The molecule has 0 aromatic heterocycles. The van der Waals surface area contributed by atoms with Gasteiger partial charge in [0.2, 0.25) is 0 Å². The third-order valence-corrected chi connectivity index (χ3v) is 7.61. The van der Waals surface area contributed by atoms with Crippen LogP contribution >= 0.6 is 0 Å². The average Bonchev–Trinajstić information content (AvgIpc) is 3.58. The van der Waals surface area contributed by atoms with Gasteiger partial charge in [-0.3, -0.25) is 4.79 Å². The predicted molar refractivity (Wildman–Crippen MR) is 117 cm³/mol. The standard InChI is InChI=1S/C26H40O2/c1-20-18-23(10-7-9-13-26(16-17-26)28-19-27)22(3)24(21(20)2)11-6-5-8-12-25(4)14-15-25/h18-19H,5-17H2,1-4H3. The topological polar surface area (TPSA) is 26.3 Å². The van der Waals surface area contributed by atoms with Gasteiger partial charge in [0.15, 0.2) is 0 Å². The van der Waals surface area contributed by atoms with Crippen molar-refractivity contribution in [1.82, 2.24) is 0 Å². The Morgan fingerprint density at radius 2 is 1.57 bits per heavy atom. The summed E-state index contributed by atoms with van der Waals surface area (Å²) in [4.78, 5) is 10.6. The summed E-state index contributed by atoms with van der Waals surface area (Å²) in [6, 6.07) is 2.41. The van der Waals surface area contributed by atoms with Gasteiger partial charge >= 0.3 is 0 Å². The second kappa shape index (κ2) is 9.01. The summed E-state index contributed by atoms with van der Waals surface area (Å²) in [6.45, 7) is 10.00. The molecule has 0 amide bonds. The lowest BCUT2D eigenvalue weighted by molar-refractivity contribution is -0.135. The van der Waals surface area contributed by atoms with Crippen molar-refractivity contribution in [3.8, 4) is 0 Å². The van der Waals surface area contributed by atoms with E-state index in [4.69, 9.17) is 4.74 Å². The van der Waals surface area contributed by atoms with E-state index < -0.39 is 0 Å². The van der Waals surface area contributed by atoms with Crippen LogP contribution in [0.2, 0.25) is 0 Å². The Balaban J connectivity index is 1.48. The van der Waals surface area contributed by atoms with Gasteiger partial charge in [0, 0.05) is 0 Å². The number of carbonyl (C=O) groups is 1. The van der Waals surface area contributed by atoms with Crippen LogP contribution in [0, 0.1) is 26.2 Å². The minimum atomic E-state index is -0.0946. The molecule has 0 N–H and O–H groups in total. The number of ether oxygens (including phenoxy) is 1. The minimum absolute atomic E-state index is 0.0946. The largest absolute Gasteiger partial charge is 0.461 e. The molecule has 1 aromatic carbocycles. The molecular formula is C26H40O2. The van der Waals surface area contributed by atoms with E-state index in [1.165, 1.54) is 73.6 Å². The van der Waals surface area contributed by atoms with E-state index >= 15 is 0 Å². The van der Waals surface area contributed by atoms with Crippen LogP contribution in [0.4, 0.5) is 0 Å². The number of hydrogen-bond acceptors (Lipinski definition) is 2. The molecule has 0 atom stereocenters. The Labute approximate surface area is 172 Å². The molecule has 2 fully saturated rings. The van der Waals surface area contributed by atoms with Crippen LogP contribution in [0.3, 0.4) is 0 Å². The molecule has 28 heavy (non-hydrogen) atoms. The first-order chi connectivity index (χ1) is 13.4. The van der Waals surface area contributed by atoms with Crippen LogP contribution in [0.5, 0.6) is 0 Å². The number of unbranched alkanes of at least 4 members (excludes halogenated alkanes) is 3. The Hall–Kier alpha value is -1.31. The third kappa shape index (κ3) is 5.61. The number of benzene rings is 1. The molecule has 2 heteroatoms. The van der Waals surface area contributed by atoms with Crippen LogP contribution in [0.15, 0.2) is 6.07 Å². The van der Waals surface area contributed by atoms with E-state index in [1.54, 1.807) is 5.56 Å². The molecule has 0 spiro atoms. The molecule has 0 heterocycles. The molecule has 3 rings (SSSR count). The Morgan fingerprint density at radius 1 is 0.893 bits per heavy atom. The first-order valence-corrected chi connectivity index (χ1v) is 11.6. The average molecular weight is 385 g/mol. The van der Waals surface area contributed by atoms with Crippen LogP contribution < -0.4 is 0 Å². The molecule has 2 nitrogen and oxygen atoms in total. The number of carbonyl (C=O) groups excluding carboxylic acids is 1. The predicted octanol–water partition coefficient (Wildman–Crippen LogP) is 6.93. The molecule has 2 aliphatic carbocycles. The van der Waals surface area contributed by atoms with Crippen molar-refractivity contribution in [1.29, 1.82) is 0 Å². The zero-order valence-corrected chi connectivity index (χ0v) is 18.7. The Morgan fingerprint density at radius 3 is 2.21 bits per heavy atom. The lowest BCUT2D eigenvalue weighted by atomic mass is 9.88. The summed E-state index contributed by atoms with van der Waals surface area (Å²) in [5.41, 5.74) is 8.24. The third-order valence-electron chi connectivity index (χ3n) is 7.61. The van der Waals surface area contributed by atoms with Crippen LogP contribution in [0.1, 0.15) is 105 Å². The lowest BCUT2D eigenvalue weighted by Crippen LogP contribution is -2.12. The summed E-state index contributed by atoms with van der Waals surface area (Å²) in [6.07, 6.45) is 16.3. The van der Waals surface area contributed by atoms with Crippen molar-refractivity contribution in [2.24, 2.45) is 5.41 Å². The molecule has 2 aliphatic rings. The van der Waals surface area contributed by atoms with Crippen LogP contribution in [-0.2, 0) is 22.4 Å². The highest BCUT2D eigenvalue weighted by molar-refractivity contribution is 5.44. The van der Waals surface area contributed by atoms with Crippen molar-refractivity contribution >= 4 is 6.47 Å². The second-order valence-corrected chi connectivity index (χ2v) is 10.1. The molecule has 0 saturated heterocycles. The van der Waals surface area contributed by atoms with Crippen molar-refractivity contribution in [2.45, 2.75) is 117 Å². The molecular weight excluding hydrogens is 344 g/mol. The van der Waals surface area contributed by atoms with E-state index in [0.29, 0.717) is 11.9 Å². The fraction of sp³-hybridized carbons (Fsp3) is 0.731. The van der Waals surface area contributed by atoms with E-state index in [9.17, 15) is 4.79 Å². The van der Waals surface area contributed by atoms with Gasteiger partial charge in [-0.2, -0.15) is 0 Å².